The molecule has 0 aliphatic carbocycles. The molecular formula is C24H43NO6. The average Bonchev–Trinajstić information content (AvgIpc) is 2.76. The van der Waals surface area contributed by atoms with Crippen LogP contribution in [0.3, 0.4) is 0 Å². The molecule has 0 saturated carbocycles. The fourth-order valence-electron chi connectivity index (χ4n) is 3.55. The van der Waals surface area contributed by atoms with Crippen LogP contribution in [0.4, 0.5) is 0 Å². The standard InChI is InChI=1S/C24H43NO6/c1-2-3-4-5-6-7-8-9-10-11-12-13-14-15-16-17-20(27)25-24-23(30)22(29)21(28)19(18-26)31-24/h6-7,9-10,19,21-24,26,28-30H,2-5,8,11-18H2,1H3,(H,25,27)/b7-6-,10-9-/t19-,21-,22+,23-,24-/m1/s1. The molecule has 1 aliphatic rings. The Labute approximate surface area is 187 Å². The molecule has 1 amide bonds. The van der Waals surface area contributed by atoms with E-state index in [1.165, 1.54) is 25.7 Å². The van der Waals surface area contributed by atoms with E-state index >= 15 is 0 Å². The molecule has 1 rings (SSSR count). The van der Waals surface area contributed by atoms with Crippen molar-refractivity contribution in [3.05, 3.63) is 24.3 Å². The van der Waals surface area contributed by atoms with E-state index in [1.807, 2.05) is 0 Å². The van der Waals surface area contributed by atoms with Gasteiger partial charge in [-0.15, -0.1) is 0 Å². The zero-order valence-corrected chi connectivity index (χ0v) is 19.0. The second-order valence-corrected chi connectivity index (χ2v) is 8.30. The highest BCUT2D eigenvalue weighted by molar-refractivity contribution is 5.76. The van der Waals surface area contributed by atoms with Crippen LogP contribution in [0.25, 0.3) is 0 Å². The van der Waals surface area contributed by atoms with Gasteiger partial charge in [0.15, 0.2) is 6.23 Å². The van der Waals surface area contributed by atoms with Crippen molar-refractivity contribution < 1.29 is 30.0 Å². The summed E-state index contributed by atoms with van der Waals surface area (Å²) in [6.45, 7) is 1.71. The lowest BCUT2D eigenvalue weighted by molar-refractivity contribution is -0.236. The number of unbranched alkanes of at least 4 members (excludes halogenated alkanes) is 8. The number of aliphatic hydroxyl groups excluding tert-OH is 4. The molecule has 31 heavy (non-hydrogen) atoms. The first-order valence-electron chi connectivity index (χ1n) is 11.9. The van der Waals surface area contributed by atoms with Gasteiger partial charge in [-0.05, 0) is 38.5 Å². The highest BCUT2D eigenvalue weighted by Crippen LogP contribution is 2.20. The smallest absolute Gasteiger partial charge is 0.222 e. The van der Waals surface area contributed by atoms with Gasteiger partial charge in [-0.25, -0.2) is 0 Å². The molecule has 0 radical (unpaired) electrons. The molecule has 7 heteroatoms. The molecule has 0 unspecified atom stereocenters. The van der Waals surface area contributed by atoms with E-state index in [1.54, 1.807) is 0 Å². The van der Waals surface area contributed by atoms with E-state index in [-0.39, 0.29) is 5.91 Å². The SMILES string of the molecule is CCCCC/C=C\C/C=C\CCCCCCCC(=O)N[C@@H]1O[C@H](CO)[C@@H](O)[C@H](O)[C@H]1O. The molecule has 1 saturated heterocycles. The number of aliphatic hydroxyl groups is 4. The average molecular weight is 442 g/mol. The summed E-state index contributed by atoms with van der Waals surface area (Å²) in [5, 5.41) is 41.1. The van der Waals surface area contributed by atoms with Crippen LogP contribution in [0.2, 0.25) is 0 Å². The van der Waals surface area contributed by atoms with E-state index in [2.05, 4.69) is 36.5 Å². The van der Waals surface area contributed by atoms with Gasteiger partial charge >= 0.3 is 0 Å². The van der Waals surface area contributed by atoms with Crippen LogP contribution in [0.5, 0.6) is 0 Å². The van der Waals surface area contributed by atoms with E-state index in [9.17, 15) is 25.2 Å². The van der Waals surface area contributed by atoms with Crippen molar-refractivity contribution in [1.82, 2.24) is 5.32 Å². The van der Waals surface area contributed by atoms with Crippen molar-refractivity contribution in [2.24, 2.45) is 0 Å². The first-order chi connectivity index (χ1) is 15.0. The number of allylic oxidation sites excluding steroid dienone is 4. The predicted octanol–water partition coefficient (Wildman–Crippen LogP) is 2.72. The fourth-order valence-corrected chi connectivity index (χ4v) is 3.55. The number of amides is 1. The Morgan fingerprint density at radius 1 is 0.839 bits per heavy atom. The zero-order chi connectivity index (χ0) is 22.9. The minimum absolute atomic E-state index is 0.282. The Morgan fingerprint density at radius 3 is 2.10 bits per heavy atom. The molecule has 0 bridgehead atoms. The van der Waals surface area contributed by atoms with Gasteiger partial charge in [0.2, 0.25) is 5.91 Å². The highest BCUT2D eigenvalue weighted by atomic mass is 16.6. The Kier molecular flexibility index (Phi) is 15.5. The lowest BCUT2D eigenvalue weighted by Gasteiger charge is -2.40. The first kappa shape index (κ1) is 27.8. The van der Waals surface area contributed by atoms with E-state index in [4.69, 9.17) is 4.74 Å². The molecule has 0 spiro atoms. The van der Waals surface area contributed by atoms with Crippen LogP contribution in [0.1, 0.15) is 84.0 Å². The number of hydrogen-bond donors (Lipinski definition) is 5. The van der Waals surface area contributed by atoms with Gasteiger partial charge in [0, 0.05) is 6.42 Å². The highest BCUT2D eigenvalue weighted by Gasteiger charge is 2.43. The number of carbonyl (C=O) groups excluding carboxylic acids is 1. The van der Waals surface area contributed by atoms with Crippen LogP contribution >= 0.6 is 0 Å². The maximum absolute atomic E-state index is 12.1. The number of hydrogen-bond acceptors (Lipinski definition) is 6. The third-order valence-electron chi connectivity index (χ3n) is 5.55. The van der Waals surface area contributed by atoms with Crippen LogP contribution < -0.4 is 5.32 Å². The maximum Gasteiger partial charge on any atom is 0.222 e. The maximum atomic E-state index is 12.1. The molecule has 7 nitrogen and oxygen atoms in total. The van der Waals surface area contributed by atoms with Crippen molar-refractivity contribution >= 4 is 5.91 Å². The summed E-state index contributed by atoms with van der Waals surface area (Å²) in [6, 6.07) is 0. The monoisotopic (exact) mass is 441 g/mol. The summed E-state index contributed by atoms with van der Waals surface area (Å²) >= 11 is 0. The summed E-state index contributed by atoms with van der Waals surface area (Å²) in [4.78, 5) is 12.1. The lowest BCUT2D eigenvalue weighted by atomic mass is 9.98. The summed E-state index contributed by atoms with van der Waals surface area (Å²) < 4.78 is 5.28. The van der Waals surface area contributed by atoms with Gasteiger partial charge in [-0.1, -0.05) is 63.3 Å². The zero-order valence-electron chi connectivity index (χ0n) is 19.0. The van der Waals surface area contributed by atoms with Crippen molar-refractivity contribution in [2.45, 2.75) is 115 Å². The number of nitrogens with one attached hydrogen (secondary N) is 1. The molecule has 180 valence electrons. The normalized spacial score (nSPS) is 26.7. The van der Waals surface area contributed by atoms with Crippen molar-refractivity contribution in [3.63, 3.8) is 0 Å². The number of rotatable bonds is 16. The summed E-state index contributed by atoms with van der Waals surface area (Å²) in [6.07, 6.45) is 15.0. The van der Waals surface area contributed by atoms with E-state index in [0.717, 1.165) is 44.9 Å². The van der Waals surface area contributed by atoms with Gasteiger partial charge < -0.3 is 30.5 Å². The number of ether oxygens (including phenoxy) is 1. The largest absolute Gasteiger partial charge is 0.394 e. The van der Waals surface area contributed by atoms with E-state index in [0.29, 0.717) is 6.42 Å². The Morgan fingerprint density at radius 2 is 1.45 bits per heavy atom. The number of carbonyl (C=O) groups is 1. The quantitative estimate of drug-likeness (QED) is 0.186. The Balaban J connectivity index is 2.03. The topological polar surface area (TPSA) is 119 Å². The van der Waals surface area contributed by atoms with Gasteiger partial charge in [-0.3, -0.25) is 4.79 Å². The predicted molar refractivity (Wildman–Crippen MR) is 121 cm³/mol. The molecule has 5 N–H and O–H groups in total. The summed E-state index contributed by atoms with van der Waals surface area (Å²) in [5.74, 6) is -0.282. The lowest BCUT2D eigenvalue weighted by Crippen LogP contribution is -2.63. The van der Waals surface area contributed by atoms with Gasteiger partial charge in [0.25, 0.3) is 0 Å². The molecule has 1 heterocycles. The van der Waals surface area contributed by atoms with E-state index < -0.39 is 37.3 Å². The van der Waals surface area contributed by atoms with Gasteiger partial charge in [0.1, 0.15) is 24.4 Å². The molecule has 0 aromatic heterocycles. The van der Waals surface area contributed by atoms with Gasteiger partial charge in [-0.2, -0.15) is 0 Å². The second kappa shape index (κ2) is 17.3. The minimum Gasteiger partial charge on any atom is -0.394 e. The minimum atomic E-state index is -1.48. The molecule has 0 aromatic rings. The molecular weight excluding hydrogens is 398 g/mol. The molecule has 0 aromatic carbocycles. The second-order valence-electron chi connectivity index (χ2n) is 8.30. The van der Waals surface area contributed by atoms with Crippen molar-refractivity contribution in [2.75, 3.05) is 6.61 Å². The molecule has 1 fully saturated rings. The Hall–Kier alpha value is -1.25. The fraction of sp³-hybridized carbons (Fsp3) is 0.792. The van der Waals surface area contributed by atoms with Crippen LogP contribution in [0, 0.1) is 0 Å². The third-order valence-corrected chi connectivity index (χ3v) is 5.55. The van der Waals surface area contributed by atoms with Crippen LogP contribution in [0.15, 0.2) is 24.3 Å². The third kappa shape index (κ3) is 11.8. The van der Waals surface area contributed by atoms with Crippen LogP contribution in [-0.4, -0.2) is 63.6 Å². The molecule has 1 aliphatic heterocycles. The van der Waals surface area contributed by atoms with Gasteiger partial charge in [0.05, 0.1) is 6.61 Å². The summed E-state index contributed by atoms with van der Waals surface area (Å²) in [7, 11) is 0. The van der Waals surface area contributed by atoms with Crippen molar-refractivity contribution in [3.8, 4) is 0 Å². The van der Waals surface area contributed by atoms with Crippen molar-refractivity contribution in [1.29, 1.82) is 0 Å². The first-order valence-corrected chi connectivity index (χ1v) is 11.9. The Bertz CT molecular complexity index is 522. The molecule has 5 atom stereocenters. The summed E-state index contributed by atoms with van der Waals surface area (Å²) in [5.41, 5.74) is 0. The van der Waals surface area contributed by atoms with Crippen LogP contribution in [-0.2, 0) is 9.53 Å².